The monoisotopic (exact) mass is 245 g/mol. The smallest absolute Gasteiger partial charge is 0.321 e. The molecule has 0 saturated heterocycles. The van der Waals surface area contributed by atoms with Crippen molar-refractivity contribution in [3.8, 4) is 0 Å². The Kier molecular flexibility index (Phi) is 3.88. The zero-order valence-corrected chi connectivity index (χ0v) is 9.75. The van der Waals surface area contributed by atoms with Gasteiger partial charge in [0.1, 0.15) is 11.9 Å². The number of hydrogen-bond donors (Lipinski definition) is 2. The summed E-state index contributed by atoms with van der Waals surface area (Å²) in [7, 11) is 0. The fourth-order valence-electron chi connectivity index (χ4n) is 1.62. The lowest BCUT2D eigenvalue weighted by atomic mass is 9.90. The van der Waals surface area contributed by atoms with E-state index in [0.29, 0.717) is 10.6 Å². The molecule has 3 nitrogen and oxygen atoms in total. The summed E-state index contributed by atoms with van der Waals surface area (Å²) in [5, 5.41) is 9.19. The molecular weight excluding hydrogens is 233 g/mol. The lowest BCUT2D eigenvalue weighted by Crippen LogP contribution is -2.36. The molecule has 1 rings (SSSR count). The summed E-state index contributed by atoms with van der Waals surface area (Å²) in [6, 6.07) is 1.51. The Balaban J connectivity index is 3.22. The SMILES string of the molecule is Cc1c(Cl)ccc(F)c1C(C)C(N)C(=O)O. The van der Waals surface area contributed by atoms with Crippen molar-refractivity contribution in [2.75, 3.05) is 0 Å². The number of nitrogens with two attached hydrogens (primary N) is 1. The summed E-state index contributed by atoms with van der Waals surface area (Å²) in [6.07, 6.45) is 0. The zero-order valence-electron chi connectivity index (χ0n) is 9.00. The molecule has 3 N–H and O–H groups in total. The number of halogens is 2. The van der Waals surface area contributed by atoms with Crippen LogP contribution in [0.2, 0.25) is 5.02 Å². The molecule has 2 unspecified atom stereocenters. The molecule has 1 aromatic carbocycles. The van der Waals surface area contributed by atoms with E-state index in [1.807, 2.05) is 0 Å². The van der Waals surface area contributed by atoms with Gasteiger partial charge in [0.25, 0.3) is 0 Å². The zero-order chi connectivity index (χ0) is 12.5. The normalized spacial score (nSPS) is 14.6. The first-order valence-corrected chi connectivity index (χ1v) is 5.17. The van der Waals surface area contributed by atoms with Crippen LogP contribution in [0, 0.1) is 12.7 Å². The van der Waals surface area contributed by atoms with E-state index in [1.54, 1.807) is 13.8 Å². The Bertz CT molecular complexity index is 423. The van der Waals surface area contributed by atoms with Gasteiger partial charge in [0.2, 0.25) is 0 Å². The third kappa shape index (κ3) is 2.33. The Morgan fingerprint density at radius 3 is 2.62 bits per heavy atom. The van der Waals surface area contributed by atoms with Gasteiger partial charge in [-0.05, 0) is 30.2 Å². The molecule has 0 bridgehead atoms. The van der Waals surface area contributed by atoms with Crippen molar-refractivity contribution in [2.45, 2.75) is 25.8 Å². The minimum Gasteiger partial charge on any atom is -0.480 e. The highest BCUT2D eigenvalue weighted by Crippen LogP contribution is 2.29. The van der Waals surface area contributed by atoms with Crippen LogP contribution in [0.15, 0.2) is 12.1 Å². The Labute approximate surface area is 98.0 Å². The van der Waals surface area contributed by atoms with Gasteiger partial charge in [-0.3, -0.25) is 4.79 Å². The van der Waals surface area contributed by atoms with Gasteiger partial charge in [0.15, 0.2) is 0 Å². The third-order valence-electron chi connectivity index (χ3n) is 2.67. The van der Waals surface area contributed by atoms with Crippen LogP contribution in [0.5, 0.6) is 0 Å². The van der Waals surface area contributed by atoms with Crippen LogP contribution in [-0.2, 0) is 4.79 Å². The van der Waals surface area contributed by atoms with Gasteiger partial charge in [-0.1, -0.05) is 18.5 Å². The second-order valence-electron chi connectivity index (χ2n) is 3.72. The van der Waals surface area contributed by atoms with Crippen molar-refractivity contribution < 1.29 is 14.3 Å². The molecule has 0 amide bonds. The molecule has 0 heterocycles. The number of aliphatic carboxylic acids is 1. The van der Waals surface area contributed by atoms with E-state index >= 15 is 0 Å². The minimum atomic E-state index is -1.16. The fourth-order valence-corrected chi connectivity index (χ4v) is 1.79. The number of rotatable bonds is 3. The number of hydrogen-bond acceptors (Lipinski definition) is 2. The second-order valence-corrected chi connectivity index (χ2v) is 4.13. The molecule has 0 aliphatic carbocycles. The molecule has 5 heteroatoms. The maximum Gasteiger partial charge on any atom is 0.321 e. The maximum atomic E-state index is 13.6. The molecule has 16 heavy (non-hydrogen) atoms. The summed E-state index contributed by atoms with van der Waals surface area (Å²) < 4.78 is 13.6. The van der Waals surface area contributed by atoms with Crippen molar-refractivity contribution in [2.24, 2.45) is 5.73 Å². The molecule has 0 fully saturated rings. The molecular formula is C11H13ClFNO2. The Hall–Kier alpha value is -1.13. The summed E-state index contributed by atoms with van der Waals surface area (Å²) in [4.78, 5) is 10.7. The Morgan fingerprint density at radius 1 is 1.56 bits per heavy atom. The number of carboxylic acids is 1. The molecule has 1 aromatic rings. The van der Waals surface area contributed by atoms with Gasteiger partial charge in [0, 0.05) is 10.9 Å². The lowest BCUT2D eigenvalue weighted by molar-refractivity contribution is -0.139. The molecule has 0 aromatic heterocycles. The first kappa shape index (κ1) is 12.9. The van der Waals surface area contributed by atoms with E-state index in [1.165, 1.54) is 12.1 Å². The summed E-state index contributed by atoms with van der Waals surface area (Å²) in [6.45, 7) is 3.21. The lowest BCUT2D eigenvalue weighted by Gasteiger charge is -2.19. The van der Waals surface area contributed by atoms with Gasteiger partial charge < -0.3 is 10.8 Å². The highest BCUT2D eigenvalue weighted by molar-refractivity contribution is 6.31. The van der Waals surface area contributed by atoms with Crippen LogP contribution in [0.1, 0.15) is 24.0 Å². The quantitative estimate of drug-likeness (QED) is 0.859. The van der Waals surface area contributed by atoms with Crippen LogP contribution < -0.4 is 5.73 Å². The predicted molar refractivity (Wildman–Crippen MR) is 60.2 cm³/mol. The number of carbonyl (C=O) groups is 1. The summed E-state index contributed by atoms with van der Waals surface area (Å²) in [5.41, 5.74) is 6.27. The van der Waals surface area contributed by atoms with Crippen molar-refractivity contribution >= 4 is 17.6 Å². The van der Waals surface area contributed by atoms with Gasteiger partial charge in [0.05, 0.1) is 0 Å². The summed E-state index contributed by atoms with van der Waals surface area (Å²) in [5.74, 6) is -2.27. The second kappa shape index (κ2) is 4.80. The minimum absolute atomic E-state index is 0.266. The van der Waals surface area contributed by atoms with Gasteiger partial charge >= 0.3 is 5.97 Å². The van der Waals surface area contributed by atoms with E-state index < -0.39 is 23.7 Å². The van der Waals surface area contributed by atoms with Crippen molar-refractivity contribution in [1.29, 1.82) is 0 Å². The highest BCUT2D eigenvalue weighted by Gasteiger charge is 2.26. The number of benzene rings is 1. The molecule has 0 radical (unpaired) electrons. The molecule has 88 valence electrons. The van der Waals surface area contributed by atoms with Crippen LogP contribution >= 0.6 is 11.6 Å². The fraction of sp³-hybridized carbons (Fsp3) is 0.364. The predicted octanol–water partition coefficient (Wildman–Crippen LogP) is 2.30. The van der Waals surface area contributed by atoms with Crippen molar-refractivity contribution in [3.05, 3.63) is 34.1 Å². The molecule has 0 aliphatic heterocycles. The third-order valence-corrected chi connectivity index (χ3v) is 3.08. The first-order valence-electron chi connectivity index (χ1n) is 4.79. The van der Waals surface area contributed by atoms with Crippen LogP contribution in [0.3, 0.4) is 0 Å². The largest absolute Gasteiger partial charge is 0.480 e. The Morgan fingerprint density at radius 2 is 2.12 bits per heavy atom. The first-order chi connectivity index (χ1) is 7.36. The van der Waals surface area contributed by atoms with E-state index in [9.17, 15) is 9.18 Å². The number of carboxylic acid groups (broad SMARTS) is 1. The average Bonchev–Trinajstić information content (AvgIpc) is 2.22. The van der Waals surface area contributed by atoms with E-state index in [-0.39, 0.29) is 5.56 Å². The molecule has 2 atom stereocenters. The van der Waals surface area contributed by atoms with Crippen molar-refractivity contribution in [3.63, 3.8) is 0 Å². The van der Waals surface area contributed by atoms with Crippen LogP contribution in [0.4, 0.5) is 4.39 Å². The van der Waals surface area contributed by atoms with Crippen molar-refractivity contribution in [1.82, 2.24) is 0 Å². The van der Waals surface area contributed by atoms with Gasteiger partial charge in [-0.2, -0.15) is 0 Å². The van der Waals surface area contributed by atoms with E-state index in [0.717, 1.165) is 0 Å². The maximum absolute atomic E-state index is 13.6. The molecule has 0 saturated carbocycles. The highest BCUT2D eigenvalue weighted by atomic mass is 35.5. The van der Waals surface area contributed by atoms with E-state index in [2.05, 4.69) is 0 Å². The standard InChI is InChI=1S/C11H13ClFNO2/c1-5-7(12)3-4-8(13)9(5)6(2)10(14)11(15)16/h3-4,6,10H,14H2,1-2H3,(H,15,16). The molecule has 0 spiro atoms. The van der Waals surface area contributed by atoms with Crippen LogP contribution in [-0.4, -0.2) is 17.1 Å². The average molecular weight is 246 g/mol. The topological polar surface area (TPSA) is 63.3 Å². The summed E-state index contributed by atoms with van der Waals surface area (Å²) >= 11 is 5.86. The van der Waals surface area contributed by atoms with Crippen LogP contribution in [0.25, 0.3) is 0 Å². The van der Waals surface area contributed by atoms with E-state index in [4.69, 9.17) is 22.4 Å². The molecule has 0 aliphatic rings. The van der Waals surface area contributed by atoms with Gasteiger partial charge in [-0.15, -0.1) is 0 Å². The van der Waals surface area contributed by atoms with Gasteiger partial charge in [-0.25, -0.2) is 4.39 Å².